The van der Waals surface area contributed by atoms with Gasteiger partial charge in [-0.3, -0.25) is 9.59 Å². The van der Waals surface area contributed by atoms with Gasteiger partial charge in [-0.1, -0.05) is 37.1 Å². The van der Waals surface area contributed by atoms with Crippen molar-refractivity contribution in [2.24, 2.45) is 5.92 Å². The van der Waals surface area contributed by atoms with Crippen molar-refractivity contribution in [2.45, 2.75) is 38.6 Å². The largest absolute Gasteiger partial charge is 0.497 e. The van der Waals surface area contributed by atoms with Gasteiger partial charge in [0.05, 0.1) is 19.1 Å². The second-order valence-electron chi connectivity index (χ2n) is 7.50. The van der Waals surface area contributed by atoms with Crippen LogP contribution < -0.4 is 15.4 Å². The molecule has 0 aliphatic carbocycles. The van der Waals surface area contributed by atoms with Gasteiger partial charge in [-0.15, -0.1) is 0 Å². The van der Waals surface area contributed by atoms with E-state index in [-0.39, 0.29) is 30.2 Å². The van der Waals surface area contributed by atoms with Crippen LogP contribution >= 0.6 is 0 Å². The molecule has 2 aliphatic heterocycles. The van der Waals surface area contributed by atoms with Crippen molar-refractivity contribution < 1.29 is 14.3 Å². The molecule has 1 saturated heterocycles. The summed E-state index contributed by atoms with van der Waals surface area (Å²) < 4.78 is 5.25. The van der Waals surface area contributed by atoms with Crippen LogP contribution in [0.3, 0.4) is 0 Å². The van der Waals surface area contributed by atoms with Gasteiger partial charge in [0.1, 0.15) is 5.75 Å². The van der Waals surface area contributed by atoms with E-state index in [4.69, 9.17) is 4.74 Å². The predicted molar refractivity (Wildman–Crippen MR) is 109 cm³/mol. The Labute approximate surface area is 167 Å². The fourth-order valence-corrected chi connectivity index (χ4v) is 3.99. The van der Waals surface area contributed by atoms with E-state index in [0.29, 0.717) is 13.1 Å². The van der Waals surface area contributed by atoms with Crippen molar-refractivity contribution in [2.75, 3.05) is 33.3 Å². The van der Waals surface area contributed by atoms with Crippen LogP contribution in [0.15, 0.2) is 35.9 Å². The molecule has 0 bridgehead atoms. The first-order valence-electron chi connectivity index (χ1n) is 10.2. The first kappa shape index (κ1) is 20.4. The molecule has 152 valence electrons. The lowest BCUT2D eigenvalue weighted by molar-refractivity contribution is -0.129. The third-order valence-corrected chi connectivity index (χ3v) is 5.63. The van der Waals surface area contributed by atoms with Gasteiger partial charge in [0.2, 0.25) is 11.8 Å². The number of nitrogens with zero attached hydrogens (tertiary/aromatic N) is 1. The number of unbranched alkanes of at least 4 members (excludes halogenated alkanes) is 1. The number of likely N-dealkylation sites (tertiary alicyclic amines) is 1. The summed E-state index contributed by atoms with van der Waals surface area (Å²) in [5, 5.41) is 6.35. The van der Waals surface area contributed by atoms with Gasteiger partial charge in [0, 0.05) is 26.1 Å². The molecule has 1 aromatic rings. The Hall–Kier alpha value is -2.34. The van der Waals surface area contributed by atoms with Crippen molar-refractivity contribution >= 4 is 11.8 Å². The zero-order chi connectivity index (χ0) is 19.9. The molecular weight excluding hydrogens is 354 g/mol. The van der Waals surface area contributed by atoms with E-state index >= 15 is 0 Å². The van der Waals surface area contributed by atoms with Crippen LogP contribution in [0.25, 0.3) is 0 Å². The van der Waals surface area contributed by atoms with Crippen LogP contribution in [0.4, 0.5) is 0 Å². The van der Waals surface area contributed by atoms with E-state index in [1.165, 1.54) is 5.57 Å². The summed E-state index contributed by atoms with van der Waals surface area (Å²) in [6, 6.07) is 7.51. The molecule has 3 rings (SSSR count). The van der Waals surface area contributed by atoms with Gasteiger partial charge in [-0.25, -0.2) is 0 Å². The van der Waals surface area contributed by atoms with E-state index in [1.54, 1.807) is 7.11 Å². The third kappa shape index (κ3) is 4.73. The Balaban J connectivity index is 1.77. The van der Waals surface area contributed by atoms with Crippen molar-refractivity contribution in [1.82, 2.24) is 15.5 Å². The van der Waals surface area contributed by atoms with Crippen molar-refractivity contribution in [3.63, 3.8) is 0 Å². The molecule has 6 heteroatoms. The molecule has 2 N–H and O–H groups in total. The SMILES string of the molecule is CCCCN1C(=O)CC(C(=O)NCC2=CCNCC2)C1c1ccc(OC)cc1. The quantitative estimate of drug-likeness (QED) is 0.674. The molecule has 1 aromatic carbocycles. The normalized spacial score (nSPS) is 22.1. The zero-order valence-electron chi connectivity index (χ0n) is 16.9. The molecule has 6 nitrogen and oxygen atoms in total. The Morgan fingerprint density at radius 2 is 2.11 bits per heavy atom. The van der Waals surface area contributed by atoms with E-state index in [9.17, 15) is 9.59 Å². The van der Waals surface area contributed by atoms with Gasteiger partial charge in [-0.05, 0) is 37.1 Å². The molecule has 2 unspecified atom stereocenters. The molecule has 28 heavy (non-hydrogen) atoms. The molecule has 0 spiro atoms. The van der Waals surface area contributed by atoms with Crippen molar-refractivity contribution in [3.8, 4) is 5.75 Å². The standard InChI is InChI=1S/C22H31N3O3/c1-3-4-13-25-20(26)14-19(21(25)17-5-7-18(28-2)8-6-17)22(27)24-15-16-9-11-23-12-10-16/h5-9,19,21,23H,3-4,10-15H2,1-2H3,(H,24,27). The third-order valence-electron chi connectivity index (χ3n) is 5.63. The minimum Gasteiger partial charge on any atom is -0.497 e. The minimum absolute atomic E-state index is 0.0346. The number of hydrogen-bond donors (Lipinski definition) is 2. The Morgan fingerprint density at radius 1 is 1.32 bits per heavy atom. The van der Waals surface area contributed by atoms with Gasteiger partial charge in [0.25, 0.3) is 0 Å². The molecule has 2 amide bonds. The number of hydrogen-bond acceptors (Lipinski definition) is 4. The summed E-state index contributed by atoms with van der Waals surface area (Å²) in [6.07, 6.45) is 5.31. The maximum atomic E-state index is 13.0. The van der Waals surface area contributed by atoms with Crippen molar-refractivity contribution in [3.05, 3.63) is 41.5 Å². The first-order valence-corrected chi connectivity index (χ1v) is 10.2. The number of carbonyl (C=O) groups excluding carboxylic acids is 2. The number of amides is 2. The number of carbonyl (C=O) groups is 2. The summed E-state index contributed by atoms with van der Waals surface area (Å²) in [5.74, 6) is 0.440. The Bertz CT molecular complexity index is 714. The summed E-state index contributed by atoms with van der Waals surface area (Å²) in [7, 11) is 1.63. The first-order chi connectivity index (χ1) is 13.6. The molecule has 0 radical (unpaired) electrons. The number of ether oxygens (including phenoxy) is 1. The highest BCUT2D eigenvalue weighted by Gasteiger charge is 2.44. The van der Waals surface area contributed by atoms with Gasteiger partial charge < -0.3 is 20.3 Å². The Morgan fingerprint density at radius 3 is 2.75 bits per heavy atom. The second-order valence-corrected chi connectivity index (χ2v) is 7.50. The van der Waals surface area contributed by atoms with Crippen LogP contribution in [-0.4, -0.2) is 50.0 Å². The molecule has 1 fully saturated rings. The lowest BCUT2D eigenvalue weighted by atomic mass is 9.92. The summed E-state index contributed by atoms with van der Waals surface area (Å²) in [5.41, 5.74) is 2.24. The maximum Gasteiger partial charge on any atom is 0.226 e. The fraction of sp³-hybridized carbons (Fsp3) is 0.545. The number of nitrogens with one attached hydrogen (secondary N) is 2. The Kier molecular flexibility index (Phi) is 7.09. The topological polar surface area (TPSA) is 70.7 Å². The molecule has 2 aliphatic rings. The van der Waals surface area contributed by atoms with E-state index in [2.05, 4.69) is 23.6 Å². The summed E-state index contributed by atoms with van der Waals surface area (Å²) in [6.45, 7) is 5.16. The van der Waals surface area contributed by atoms with E-state index in [1.807, 2.05) is 29.2 Å². The van der Waals surface area contributed by atoms with Crippen LogP contribution in [0, 0.1) is 5.92 Å². The van der Waals surface area contributed by atoms with Crippen LogP contribution in [0.1, 0.15) is 44.2 Å². The average Bonchev–Trinajstić information content (AvgIpc) is 3.07. The number of rotatable bonds is 8. The smallest absolute Gasteiger partial charge is 0.226 e. The highest BCUT2D eigenvalue weighted by atomic mass is 16.5. The maximum absolute atomic E-state index is 13.0. The monoisotopic (exact) mass is 385 g/mol. The van der Waals surface area contributed by atoms with E-state index < -0.39 is 0 Å². The lowest BCUT2D eigenvalue weighted by Gasteiger charge is -2.28. The molecule has 0 saturated carbocycles. The zero-order valence-corrected chi connectivity index (χ0v) is 16.9. The highest BCUT2D eigenvalue weighted by molar-refractivity contribution is 5.90. The average molecular weight is 386 g/mol. The molecule has 2 atom stereocenters. The lowest BCUT2D eigenvalue weighted by Crippen LogP contribution is -2.37. The molecule has 2 heterocycles. The second kappa shape index (κ2) is 9.73. The molecule has 0 aromatic heterocycles. The highest BCUT2D eigenvalue weighted by Crippen LogP contribution is 2.39. The van der Waals surface area contributed by atoms with E-state index in [0.717, 1.165) is 43.7 Å². The van der Waals surface area contributed by atoms with Gasteiger partial charge in [0.15, 0.2) is 0 Å². The van der Waals surface area contributed by atoms with Crippen LogP contribution in [-0.2, 0) is 9.59 Å². The van der Waals surface area contributed by atoms with Gasteiger partial charge >= 0.3 is 0 Å². The molecular formula is C22H31N3O3. The number of methoxy groups -OCH3 is 1. The fourth-order valence-electron chi connectivity index (χ4n) is 3.99. The minimum atomic E-state index is -0.361. The summed E-state index contributed by atoms with van der Waals surface area (Å²) in [4.78, 5) is 27.6. The van der Waals surface area contributed by atoms with Crippen molar-refractivity contribution in [1.29, 1.82) is 0 Å². The van der Waals surface area contributed by atoms with Gasteiger partial charge in [-0.2, -0.15) is 0 Å². The number of benzene rings is 1. The van der Waals surface area contributed by atoms with Crippen LogP contribution in [0.5, 0.6) is 5.75 Å². The predicted octanol–water partition coefficient (Wildman–Crippen LogP) is 2.42. The summed E-state index contributed by atoms with van der Waals surface area (Å²) >= 11 is 0. The van der Waals surface area contributed by atoms with Crippen LogP contribution in [0.2, 0.25) is 0 Å².